The Hall–Kier alpha value is -2.70. The van der Waals surface area contributed by atoms with Crippen LogP contribution >= 0.6 is 0 Å². The fourth-order valence-electron chi connectivity index (χ4n) is 3.26. The maximum Gasteiger partial charge on any atom is 0.337 e. The van der Waals surface area contributed by atoms with Crippen LogP contribution in [0.2, 0.25) is 0 Å². The summed E-state index contributed by atoms with van der Waals surface area (Å²) < 4.78 is 24.2. The molecule has 7 heteroatoms. The smallest absolute Gasteiger partial charge is 0.337 e. The summed E-state index contributed by atoms with van der Waals surface area (Å²) >= 11 is 0. The van der Waals surface area contributed by atoms with E-state index in [0.29, 0.717) is 34.5 Å². The number of rotatable bonds is 3. The Balaban J connectivity index is 2.26. The van der Waals surface area contributed by atoms with Crippen molar-refractivity contribution in [3.8, 4) is 0 Å². The van der Waals surface area contributed by atoms with Crippen molar-refractivity contribution in [2.45, 2.75) is 26.2 Å². The van der Waals surface area contributed by atoms with Crippen molar-refractivity contribution >= 4 is 11.9 Å². The van der Waals surface area contributed by atoms with Gasteiger partial charge in [-0.3, -0.25) is 4.98 Å². The van der Waals surface area contributed by atoms with Crippen LogP contribution in [0.1, 0.15) is 30.9 Å². The number of methoxy groups -OCH3 is 1. The number of dihydropyridines is 1. The number of cyclic esters (lactones) is 1. The molecular weight excluding hydrogens is 315 g/mol. The summed E-state index contributed by atoms with van der Waals surface area (Å²) in [7, 11) is 1.26. The van der Waals surface area contributed by atoms with Crippen LogP contribution in [0.25, 0.3) is 0 Å². The topological polar surface area (TPSA) is 77.5 Å². The van der Waals surface area contributed by atoms with E-state index in [1.54, 1.807) is 13.8 Å². The first-order valence-corrected chi connectivity index (χ1v) is 7.58. The average molecular weight is 332 g/mol. The third-order valence-electron chi connectivity index (χ3n) is 4.32. The normalized spacial score (nSPS) is 19.8. The van der Waals surface area contributed by atoms with Gasteiger partial charge in [0.05, 0.1) is 36.1 Å². The minimum absolute atomic E-state index is 0.0979. The fraction of sp³-hybridized carbons (Fsp3) is 0.353. The maximum atomic E-state index is 14.2. The van der Waals surface area contributed by atoms with Crippen LogP contribution < -0.4 is 5.32 Å². The van der Waals surface area contributed by atoms with Gasteiger partial charge in [-0.05, 0) is 24.5 Å². The Morgan fingerprint density at radius 3 is 2.92 bits per heavy atom. The molecule has 3 rings (SSSR count). The van der Waals surface area contributed by atoms with E-state index >= 15 is 0 Å². The third kappa shape index (κ3) is 2.36. The summed E-state index contributed by atoms with van der Waals surface area (Å²) in [5.41, 5.74) is 2.60. The molecule has 2 aliphatic rings. The van der Waals surface area contributed by atoms with Gasteiger partial charge in [0.15, 0.2) is 0 Å². The molecule has 0 saturated heterocycles. The van der Waals surface area contributed by atoms with E-state index in [4.69, 9.17) is 9.47 Å². The number of nitrogens with zero attached hydrogens (tertiary/aromatic N) is 1. The minimum Gasteiger partial charge on any atom is -0.466 e. The number of pyridine rings is 1. The minimum atomic E-state index is -0.762. The Kier molecular flexibility index (Phi) is 4.09. The monoisotopic (exact) mass is 332 g/mol. The van der Waals surface area contributed by atoms with Gasteiger partial charge in [-0.15, -0.1) is 0 Å². The highest BCUT2D eigenvalue weighted by molar-refractivity contribution is 6.01. The number of carbonyl (C=O) groups is 2. The summed E-state index contributed by atoms with van der Waals surface area (Å²) in [4.78, 5) is 28.5. The highest BCUT2D eigenvalue weighted by atomic mass is 19.1. The van der Waals surface area contributed by atoms with Crippen LogP contribution in [-0.4, -0.2) is 30.6 Å². The summed E-state index contributed by atoms with van der Waals surface area (Å²) in [6.45, 7) is 3.62. The van der Waals surface area contributed by atoms with Crippen molar-refractivity contribution in [1.82, 2.24) is 10.3 Å². The van der Waals surface area contributed by atoms with Crippen LogP contribution in [0.15, 0.2) is 34.9 Å². The number of carbonyl (C=O) groups excluding carboxylic acids is 2. The molecule has 1 aromatic rings. The summed E-state index contributed by atoms with van der Waals surface area (Å²) in [5, 5.41) is 3.02. The molecule has 6 nitrogen and oxygen atoms in total. The lowest BCUT2D eigenvalue weighted by Gasteiger charge is -2.28. The van der Waals surface area contributed by atoms with Gasteiger partial charge in [-0.1, -0.05) is 6.92 Å². The molecule has 0 radical (unpaired) electrons. The van der Waals surface area contributed by atoms with Crippen molar-refractivity contribution < 1.29 is 23.5 Å². The van der Waals surface area contributed by atoms with Gasteiger partial charge >= 0.3 is 11.9 Å². The number of nitrogens with one attached hydrogen (secondary N) is 1. The first-order valence-electron chi connectivity index (χ1n) is 7.58. The Bertz CT molecular complexity index is 798. The number of halogens is 1. The van der Waals surface area contributed by atoms with E-state index in [9.17, 15) is 14.0 Å². The standard InChI is InChI=1S/C17H17FN2O4/c1-4-9-10(5-19-6-11(9)18)14-13(16(21)23-3)8(2)20-12-7-24-17(22)15(12)14/h5-6,14,20H,4,7H2,1-3H3/t14-/m1/s1. The summed E-state index contributed by atoms with van der Waals surface area (Å²) in [6, 6.07) is 0. The molecule has 0 unspecified atom stereocenters. The van der Waals surface area contributed by atoms with Gasteiger partial charge in [0, 0.05) is 11.9 Å². The average Bonchev–Trinajstić information content (AvgIpc) is 2.93. The third-order valence-corrected chi connectivity index (χ3v) is 4.32. The zero-order valence-electron chi connectivity index (χ0n) is 13.6. The zero-order valence-corrected chi connectivity index (χ0v) is 13.6. The van der Waals surface area contributed by atoms with E-state index in [-0.39, 0.29) is 12.2 Å². The van der Waals surface area contributed by atoms with E-state index in [0.717, 1.165) is 6.20 Å². The lowest BCUT2D eigenvalue weighted by molar-refractivity contribution is -0.136. The second-order valence-corrected chi connectivity index (χ2v) is 5.60. The summed E-state index contributed by atoms with van der Waals surface area (Å²) in [5.74, 6) is -2.34. The van der Waals surface area contributed by atoms with E-state index < -0.39 is 23.7 Å². The van der Waals surface area contributed by atoms with E-state index in [2.05, 4.69) is 10.3 Å². The molecule has 3 heterocycles. The van der Waals surface area contributed by atoms with Crippen molar-refractivity contribution in [3.05, 3.63) is 51.9 Å². The van der Waals surface area contributed by atoms with E-state index in [1.165, 1.54) is 13.3 Å². The van der Waals surface area contributed by atoms with Gasteiger partial charge in [0.2, 0.25) is 0 Å². The SMILES string of the molecule is CCc1c(F)cncc1[C@@H]1C(C(=O)OC)=C(C)NC2=C1C(=O)OC2. The predicted molar refractivity (Wildman–Crippen MR) is 82.2 cm³/mol. The molecule has 2 aliphatic heterocycles. The Morgan fingerprint density at radius 1 is 1.50 bits per heavy atom. The molecular formula is C17H17FN2O4. The zero-order chi connectivity index (χ0) is 17.4. The molecule has 0 aromatic carbocycles. The molecule has 0 bridgehead atoms. The van der Waals surface area contributed by atoms with Crippen LogP contribution in [0.5, 0.6) is 0 Å². The lowest BCUT2D eigenvalue weighted by Crippen LogP contribution is -2.30. The van der Waals surface area contributed by atoms with Crippen LogP contribution in [-0.2, 0) is 25.5 Å². The number of allylic oxidation sites excluding steroid dienone is 1. The van der Waals surface area contributed by atoms with Gasteiger partial charge in [0.1, 0.15) is 12.4 Å². The number of ether oxygens (including phenoxy) is 2. The van der Waals surface area contributed by atoms with Crippen molar-refractivity contribution in [1.29, 1.82) is 0 Å². The van der Waals surface area contributed by atoms with E-state index in [1.807, 2.05) is 0 Å². The largest absolute Gasteiger partial charge is 0.466 e. The maximum absolute atomic E-state index is 14.2. The quantitative estimate of drug-likeness (QED) is 0.850. The Labute approximate surface area is 138 Å². The predicted octanol–water partition coefficient (Wildman–Crippen LogP) is 1.73. The van der Waals surface area contributed by atoms with Crippen molar-refractivity contribution in [2.24, 2.45) is 0 Å². The van der Waals surface area contributed by atoms with Gasteiger partial charge in [0.25, 0.3) is 0 Å². The molecule has 1 aromatic heterocycles. The first-order chi connectivity index (χ1) is 11.5. The van der Waals surface area contributed by atoms with Crippen LogP contribution in [0.3, 0.4) is 0 Å². The molecule has 0 spiro atoms. The van der Waals surface area contributed by atoms with Crippen LogP contribution in [0.4, 0.5) is 4.39 Å². The molecule has 1 atom stereocenters. The van der Waals surface area contributed by atoms with Gasteiger partial charge < -0.3 is 14.8 Å². The van der Waals surface area contributed by atoms with Crippen molar-refractivity contribution in [2.75, 3.05) is 13.7 Å². The highest BCUT2D eigenvalue weighted by Crippen LogP contribution is 2.42. The van der Waals surface area contributed by atoms with Crippen molar-refractivity contribution in [3.63, 3.8) is 0 Å². The fourth-order valence-corrected chi connectivity index (χ4v) is 3.26. The van der Waals surface area contributed by atoms with Crippen LogP contribution in [0, 0.1) is 5.82 Å². The Morgan fingerprint density at radius 2 is 2.25 bits per heavy atom. The molecule has 0 amide bonds. The number of esters is 2. The van der Waals surface area contributed by atoms with Gasteiger partial charge in [-0.2, -0.15) is 0 Å². The molecule has 0 saturated carbocycles. The number of aromatic nitrogens is 1. The molecule has 0 fully saturated rings. The lowest BCUT2D eigenvalue weighted by atomic mass is 9.79. The molecule has 0 aliphatic carbocycles. The first kappa shape index (κ1) is 16.2. The highest BCUT2D eigenvalue weighted by Gasteiger charge is 2.42. The summed E-state index contributed by atoms with van der Waals surface area (Å²) in [6.07, 6.45) is 3.02. The number of hydrogen-bond acceptors (Lipinski definition) is 6. The molecule has 24 heavy (non-hydrogen) atoms. The second-order valence-electron chi connectivity index (χ2n) is 5.60. The number of hydrogen-bond donors (Lipinski definition) is 1. The second kappa shape index (κ2) is 6.07. The molecule has 126 valence electrons. The molecule has 1 N–H and O–H groups in total. The van der Waals surface area contributed by atoms with Gasteiger partial charge in [-0.25, -0.2) is 14.0 Å².